The van der Waals surface area contributed by atoms with E-state index in [1.807, 2.05) is 18.2 Å². The van der Waals surface area contributed by atoms with Crippen molar-refractivity contribution in [1.29, 1.82) is 5.26 Å². The van der Waals surface area contributed by atoms with Crippen molar-refractivity contribution in [2.75, 3.05) is 27.2 Å². The van der Waals surface area contributed by atoms with Crippen LogP contribution in [0.3, 0.4) is 0 Å². The molecule has 0 saturated carbocycles. The Kier molecular flexibility index (Phi) is 4.14. The summed E-state index contributed by atoms with van der Waals surface area (Å²) in [6, 6.07) is 10.5. The van der Waals surface area contributed by atoms with Crippen molar-refractivity contribution >= 4 is 5.91 Å². The molecular weight excluding hydrogens is 276 g/mol. The van der Waals surface area contributed by atoms with Crippen molar-refractivity contribution in [3.8, 4) is 6.07 Å². The lowest BCUT2D eigenvalue weighted by Crippen LogP contribution is -2.44. The van der Waals surface area contributed by atoms with E-state index in [0.717, 1.165) is 26.1 Å². The summed E-state index contributed by atoms with van der Waals surface area (Å²) in [7, 11) is 3.77. The SMILES string of the molecule is CNC(=O)[C@H]1C[C@@H]2CN(Cc3cccc(C#N)c3)C[C@@H]2N1C. The largest absolute Gasteiger partial charge is 0.358 e. The zero-order valence-corrected chi connectivity index (χ0v) is 13.1. The minimum Gasteiger partial charge on any atom is -0.358 e. The van der Waals surface area contributed by atoms with Crippen molar-refractivity contribution in [2.24, 2.45) is 5.92 Å². The second-order valence-electron chi connectivity index (χ2n) is 6.36. The summed E-state index contributed by atoms with van der Waals surface area (Å²) in [4.78, 5) is 16.6. The average molecular weight is 298 g/mol. The third kappa shape index (κ3) is 2.72. The molecule has 1 N–H and O–H groups in total. The van der Waals surface area contributed by atoms with E-state index in [-0.39, 0.29) is 11.9 Å². The zero-order valence-electron chi connectivity index (χ0n) is 13.1. The number of nitrogens with one attached hydrogen (secondary N) is 1. The Morgan fingerprint density at radius 3 is 2.95 bits per heavy atom. The highest BCUT2D eigenvalue weighted by atomic mass is 16.2. The Bertz CT molecular complexity index is 609. The summed E-state index contributed by atoms with van der Waals surface area (Å²) >= 11 is 0. The van der Waals surface area contributed by atoms with Gasteiger partial charge in [-0.05, 0) is 37.1 Å². The normalized spacial score (nSPS) is 28.3. The van der Waals surface area contributed by atoms with Crippen LogP contribution in [-0.2, 0) is 11.3 Å². The average Bonchev–Trinajstić information content (AvgIpc) is 3.06. The molecule has 1 aromatic rings. The van der Waals surface area contributed by atoms with Gasteiger partial charge in [0.2, 0.25) is 5.91 Å². The number of carbonyl (C=O) groups is 1. The number of nitrogens with zero attached hydrogens (tertiary/aromatic N) is 3. The molecule has 1 amide bonds. The van der Waals surface area contributed by atoms with Crippen LogP contribution in [-0.4, -0.2) is 55.0 Å². The van der Waals surface area contributed by atoms with E-state index in [0.29, 0.717) is 17.5 Å². The molecule has 22 heavy (non-hydrogen) atoms. The molecule has 5 heteroatoms. The first-order valence-electron chi connectivity index (χ1n) is 7.77. The maximum Gasteiger partial charge on any atom is 0.237 e. The number of fused-ring (bicyclic) bond motifs is 1. The summed E-state index contributed by atoms with van der Waals surface area (Å²) in [5, 5.41) is 11.8. The van der Waals surface area contributed by atoms with Crippen LogP contribution >= 0.6 is 0 Å². The Labute approximate surface area is 131 Å². The lowest BCUT2D eigenvalue weighted by molar-refractivity contribution is -0.125. The van der Waals surface area contributed by atoms with Crippen LogP contribution in [0.25, 0.3) is 0 Å². The molecule has 1 aromatic carbocycles. The van der Waals surface area contributed by atoms with Crippen LogP contribution in [0.2, 0.25) is 0 Å². The van der Waals surface area contributed by atoms with E-state index in [9.17, 15) is 4.79 Å². The van der Waals surface area contributed by atoms with Gasteiger partial charge in [-0.25, -0.2) is 0 Å². The van der Waals surface area contributed by atoms with Gasteiger partial charge in [-0.15, -0.1) is 0 Å². The molecule has 0 spiro atoms. The number of amides is 1. The van der Waals surface area contributed by atoms with Gasteiger partial charge in [-0.3, -0.25) is 14.6 Å². The number of nitriles is 1. The first kappa shape index (κ1) is 15.0. The van der Waals surface area contributed by atoms with Crippen LogP contribution < -0.4 is 5.32 Å². The second kappa shape index (κ2) is 6.07. The molecule has 0 aromatic heterocycles. The molecule has 2 fully saturated rings. The summed E-state index contributed by atoms with van der Waals surface area (Å²) in [6.45, 7) is 2.89. The van der Waals surface area contributed by atoms with E-state index in [2.05, 4.69) is 34.3 Å². The highest BCUT2D eigenvalue weighted by molar-refractivity contribution is 5.81. The third-order valence-corrected chi connectivity index (χ3v) is 5.03. The molecule has 0 radical (unpaired) electrons. The van der Waals surface area contributed by atoms with Gasteiger partial charge in [0.25, 0.3) is 0 Å². The van der Waals surface area contributed by atoms with Crippen LogP contribution in [0.5, 0.6) is 0 Å². The summed E-state index contributed by atoms with van der Waals surface area (Å²) in [6.07, 6.45) is 0.940. The first-order valence-corrected chi connectivity index (χ1v) is 7.77. The molecule has 0 unspecified atom stereocenters. The fraction of sp³-hybridized carbons (Fsp3) is 0.529. The fourth-order valence-electron chi connectivity index (χ4n) is 3.90. The monoisotopic (exact) mass is 298 g/mol. The van der Waals surface area contributed by atoms with Crippen LogP contribution in [0.1, 0.15) is 17.5 Å². The van der Waals surface area contributed by atoms with Crippen LogP contribution in [0.15, 0.2) is 24.3 Å². The van der Waals surface area contributed by atoms with Gasteiger partial charge in [-0.1, -0.05) is 12.1 Å². The van der Waals surface area contributed by atoms with E-state index < -0.39 is 0 Å². The summed E-state index contributed by atoms with van der Waals surface area (Å²) in [5.74, 6) is 0.691. The van der Waals surface area contributed by atoms with Crippen LogP contribution in [0.4, 0.5) is 0 Å². The van der Waals surface area contributed by atoms with Crippen LogP contribution in [0, 0.1) is 17.2 Å². The lowest BCUT2D eigenvalue weighted by Gasteiger charge is -2.25. The lowest BCUT2D eigenvalue weighted by atomic mass is 10.0. The number of likely N-dealkylation sites (tertiary alicyclic amines) is 2. The van der Waals surface area contributed by atoms with Gasteiger partial charge < -0.3 is 5.32 Å². The van der Waals surface area contributed by atoms with Gasteiger partial charge in [0.15, 0.2) is 0 Å². The number of hydrogen-bond donors (Lipinski definition) is 1. The van der Waals surface area contributed by atoms with Crippen molar-refractivity contribution < 1.29 is 4.79 Å². The third-order valence-electron chi connectivity index (χ3n) is 5.03. The highest BCUT2D eigenvalue weighted by Gasteiger charge is 2.46. The van der Waals surface area contributed by atoms with Gasteiger partial charge in [0.1, 0.15) is 0 Å². The first-order chi connectivity index (χ1) is 10.6. The quantitative estimate of drug-likeness (QED) is 0.897. The smallest absolute Gasteiger partial charge is 0.237 e. The minimum absolute atomic E-state index is 0.0177. The molecule has 3 atom stereocenters. The Balaban J connectivity index is 1.63. The van der Waals surface area contributed by atoms with Gasteiger partial charge in [0.05, 0.1) is 17.7 Å². The maximum absolute atomic E-state index is 11.9. The van der Waals surface area contributed by atoms with E-state index in [1.54, 1.807) is 7.05 Å². The van der Waals surface area contributed by atoms with Gasteiger partial charge in [-0.2, -0.15) is 5.26 Å². The minimum atomic E-state index is 0.0177. The molecule has 3 rings (SSSR count). The van der Waals surface area contributed by atoms with Crippen molar-refractivity contribution in [2.45, 2.75) is 25.0 Å². The van der Waals surface area contributed by atoms with E-state index >= 15 is 0 Å². The van der Waals surface area contributed by atoms with E-state index in [1.165, 1.54) is 5.56 Å². The summed E-state index contributed by atoms with van der Waals surface area (Å²) < 4.78 is 0. The molecule has 2 aliphatic heterocycles. The molecule has 2 heterocycles. The Hall–Kier alpha value is -1.90. The predicted octanol–water partition coefficient (Wildman–Crippen LogP) is 0.809. The number of rotatable bonds is 3. The Morgan fingerprint density at radius 1 is 1.45 bits per heavy atom. The molecule has 2 aliphatic rings. The molecule has 116 valence electrons. The van der Waals surface area contributed by atoms with Gasteiger partial charge in [0, 0.05) is 32.7 Å². The topological polar surface area (TPSA) is 59.4 Å². The van der Waals surface area contributed by atoms with Gasteiger partial charge >= 0.3 is 0 Å². The van der Waals surface area contributed by atoms with Crippen molar-refractivity contribution in [1.82, 2.24) is 15.1 Å². The number of hydrogen-bond acceptors (Lipinski definition) is 4. The second-order valence-corrected chi connectivity index (χ2v) is 6.36. The molecular formula is C17H22N4O. The van der Waals surface area contributed by atoms with Crippen molar-refractivity contribution in [3.63, 3.8) is 0 Å². The maximum atomic E-state index is 11.9. The number of likely N-dealkylation sites (N-methyl/N-ethyl adjacent to an activating group) is 2. The Morgan fingerprint density at radius 2 is 2.27 bits per heavy atom. The molecule has 5 nitrogen and oxygen atoms in total. The number of benzene rings is 1. The zero-order chi connectivity index (χ0) is 15.7. The number of carbonyl (C=O) groups excluding carboxylic acids is 1. The predicted molar refractivity (Wildman–Crippen MR) is 83.9 cm³/mol. The highest BCUT2D eigenvalue weighted by Crippen LogP contribution is 2.35. The fourth-order valence-corrected chi connectivity index (χ4v) is 3.90. The van der Waals surface area contributed by atoms with E-state index in [4.69, 9.17) is 5.26 Å². The molecule has 0 bridgehead atoms. The molecule has 0 aliphatic carbocycles. The standard InChI is InChI=1S/C17H22N4O/c1-19-17(22)15-7-14-10-21(11-16(14)20(15)2)9-13-5-3-4-12(6-13)8-18/h3-6,14-16H,7,9-11H2,1-2H3,(H,19,22)/t14-,15-,16+/m1/s1. The summed E-state index contributed by atoms with van der Waals surface area (Å²) in [5.41, 5.74) is 1.90. The van der Waals surface area contributed by atoms with Crippen molar-refractivity contribution in [3.05, 3.63) is 35.4 Å². The molecule has 2 saturated heterocycles.